The zero-order valence-electron chi connectivity index (χ0n) is 10.9. The fourth-order valence-electron chi connectivity index (χ4n) is 2.22. The van der Waals surface area contributed by atoms with Gasteiger partial charge in [0.1, 0.15) is 5.75 Å². The van der Waals surface area contributed by atoms with Gasteiger partial charge in [-0.3, -0.25) is 4.79 Å². The van der Waals surface area contributed by atoms with Crippen molar-refractivity contribution in [2.45, 2.75) is 32.7 Å². The van der Waals surface area contributed by atoms with E-state index in [0.29, 0.717) is 6.61 Å². The fourth-order valence-corrected chi connectivity index (χ4v) is 2.22. The third-order valence-electron chi connectivity index (χ3n) is 3.07. The first-order valence-electron chi connectivity index (χ1n) is 6.37. The highest BCUT2D eigenvalue weighted by molar-refractivity contribution is 5.87. The van der Waals surface area contributed by atoms with Crippen LogP contribution in [0.4, 0.5) is 0 Å². The van der Waals surface area contributed by atoms with Gasteiger partial charge in [-0.25, -0.2) is 0 Å². The summed E-state index contributed by atoms with van der Waals surface area (Å²) in [7, 11) is 0. The molecule has 1 atom stereocenters. The van der Waals surface area contributed by atoms with Gasteiger partial charge >= 0.3 is 0 Å². The van der Waals surface area contributed by atoms with Crippen molar-refractivity contribution in [3.8, 4) is 5.75 Å². The van der Waals surface area contributed by atoms with E-state index in [1.165, 1.54) is 5.56 Å². The zero-order chi connectivity index (χ0) is 13.0. The van der Waals surface area contributed by atoms with Crippen LogP contribution in [0.25, 0.3) is 0 Å². The summed E-state index contributed by atoms with van der Waals surface area (Å²) in [6, 6.07) is 6.17. The van der Waals surface area contributed by atoms with Crippen molar-refractivity contribution in [3.05, 3.63) is 41.5 Å². The Morgan fingerprint density at radius 3 is 3.11 bits per heavy atom. The Morgan fingerprint density at radius 1 is 1.50 bits per heavy atom. The van der Waals surface area contributed by atoms with Crippen molar-refractivity contribution >= 4 is 5.91 Å². The second-order valence-electron chi connectivity index (χ2n) is 4.59. The van der Waals surface area contributed by atoms with E-state index in [0.717, 1.165) is 24.2 Å². The lowest BCUT2D eigenvalue weighted by Gasteiger charge is -2.18. The number of ether oxygens (including phenoxy) is 1. The quantitative estimate of drug-likeness (QED) is 0.814. The molecule has 18 heavy (non-hydrogen) atoms. The minimum atomic E-state index is -0.0446. The van der Waals surface area contributed by atoms with E-state index in [-0.39, 0.29) is 11.9 Å². The number of hydrogen-bond acceptors (Lipinski definition) is 2. The maximum absolute atomic E-state index is 11.7. The summed E-state index contributed by atoms with van der Waals surface area (Å²) in [5.41, 5.74) is 2.27. The summed E-state index contributed by atoms with van der Waals surface area (Å²) in [5, 5.41) is 3.04. The highest BCUT2D eigenvalue weighted by atomic mass is 16.5. The molecule has 0 saturated carbocycles. The fraction of sp³-hybridized carbons (Fsp3) is 0.400. The molecule has 1 unspecified atom stereocenters. The molecule has 1 aromatic carbocycles. The molecule has 0 fully saturated rings. The van der Waals surface area contributed by atoms with Crippen LogP contribution in [0.15, 0.2) is 30.4 Å². The van der Waals surface area contributed by atoms with Crippen LogP contribution < -0.4 is 10.1 Å². The number of allylic oxidation sites excluding steroid dienone is 1. The number of nitrogens with one attached hydrogen (secondary N) is 1. The van der Waals surface area contributed by atoms with Crippen molar-refractivity contribution in [2.24, 2.45) is 0 Å². The molecule has 2 rings (SSSR count). The molecule has 0 radical (unpaired) electrons. The Kier molecular flexibility index (Phi) is 4.03. The zero-order valence-corrected chi connectivity index (χ0v) is 10.9. The number of benzene rings is 1. The highest BCUT2D eigenvalue weighted by Gasteiger charge is 2.20. The normalized spacial score (nSPS) is 18.9. The molecular formula is C15H19NO2. The lowest BCUT2D eigenvalue weighted by molar-refractivity contribution is -0.117. The number of fused-ring (bicyclic) bond motifs is 1. The molecule has 1 aliphatic heterocycles. The number of carbonyl (C=O) groups is 1. The number of rotatable bonds is 2. The summed E-state index contributed by atoms with van der Waals surface area (Å²) in [4.78, 5) is 11.7. The van der Waals surface area contributed by atoms with E-state index in [1.54, 1.807) is 12.2 Å². The summed E-state index contributed by atoms with van der Waals surface area (Å²) in [6.07, 6.45) is 5.18. The molecule has 96 valence electrons. The molecule has 1 aromatic rings. The van der Waals surface area contributed by atoms with Crippen LogP contribution in [0, 0.1) is 6.92 Å². The second-order valence-corrected chi connectivity index (χ2v) is 4.59. The third kappa shape index (κ3) is 2.92. The summed E-state index contributed by atoms with van der Waals surface area (Å²) in [6.45, 7) is 4.61. The van der Waals surface area contributed by atoms with Crippen molar-refractivity contribution in [2.75, 3.05) is 6.61 Å². The number of hydrogen-bond donors (Lipinski definition) is 1. The van der Waals surface area contributed by atoms with Gasteiger partial charge in [-0.15, -0.1) is 0 Å². The minimum Gasteiger partial charge on any atom is -0.493 e. The van der Waals surface area contributed by atoms with E-state index < -0.39 is 0 Å². The molecule has 1 amide bonds. The van der Waals surface area contributed by atoms with Gasteiger partial charge in [0.2, 0.25) is 5.91 Å². The van der Waals surface area contributed by atoms with Crippen LogP contribution in [-0.4, -0.2) is 12.5 Å². The first-order valence-corrected chi connectivity index (χ1v) is 6.37. The van der Waals surface area contributed by atoms with Gasteiger partial charge in [-0.2, -0.15) is 0 Å². The molecule has 1 N–H and O–H groups in total. The van der Waals surface area contributed by atoms with E-state index >= 15 is 0 Å². The van der Waals surface area contributed by atoms with Gasteiger partial charge < -0.3 is 10.1 Å². The van der Waals surface area contributed by atoms with Gasteiger partial charge in [0, 0.05) is 5.56 Å². The summed E-state index contributed by atoms with van der Waals surface area (Å²) < 4.78 is 5.71. The van der Waals surface area contributed by atoms with Gasteiger partial charge in [0.15, 0.2) is 0 Å². The van der Waals surface area contributed by atoms with Crippen molar-refractivity contribution in [1.29, 1.82) is 0 Å². The van der Waals surface area contributed by atoms with Gasteiger partial charge in [0.05, 0.1) is 12.6 Å². The lowest BCUT2D eigenvalue weighted by atomic mass is 10.00. The predicted molar refractivity (Wildman–Crippen MR) is 71.6 cm³/mol. The molecule has 0 saturated heterocycles. The topological polar surface area (TPSA) is 38.3 Å². The standard InChI is InChI=1S/C15H19NO2/c1-3-5-15(17)16-13-6-4-9-18-14-8-7-11(2)10-12(13)14/h3,5,7-8,10,13H,4,6,9H2,1-2H3,(H,16,17)/b5-3+. The Hall–Kier alpha value is -1.77. The average molecular weight is 245 g/mol. The predicted octanol–water partition coefficient (Wildman–Crippen LogP) is 2.90. The maximum atomic E-state index is 11.7. The molecule has 0 aromatic heterocycles. The first-order chi connectivity index (χ1) is 8.70. The number of amides is 1. The number of carbonyl (C=O) groups excluding carboxylic acids is 1. The van der Waals surface area contributed by atoms with Crippen LogP contribution in [0.2, 0.25) is 0 Å². The first kappa shape index (κ1) is 12.7. The Morgan fingerprint density at radius 2 is 2.33 bits per heavy atom. The Labute approximate surface area is 108 Å². The molecule has 3 heteroatoms. The van der Waals surface area contributed by atoms with Crippen LogP contribution in [0.3, 0.4) is 0 Å². The Bertz CT molecular complexity index is 466. The van der Waals surface area contributed by atoms with Crippen LogP contribution in [0.1, 0.15) is 36.9 Å². The highest BCUT2D eigenvalue weighted by Crippen LogP contribution is 2.32. The van der Waals surface area contributed by atoms with Crippen molar-refractivity contribution in [3.63, 3.8) is 0 Å². The van der Waals surface area contributed by atoms with E-state index in [2.05, 4.69) is 18.3 Å². The monoisotopic (exact) mass is 245 g/mol. The van der Waals surface area contributed by atoms with E-state index in [4.69, 9.17) is 4.74 Å². The molecular weight excluding hydrogens is 226 g/mol. The SMILES string of the molecule is C/C=C/C(=O)NC1CCCOc2ccc(C)cc21. The van der Waals surface area contributed by atoms with Crippen LogP contribution >= 0.6 is 0 Å². The largest absolute Gasteiger partial charge is 0.493 e. The molecule has 0 bridgehead atoms. The van der Waals surface area contributed by atoms with E-state index in [1.807, 2.05) is 19.1 Å². The minimum absolute atomic E-state index is 0.0446. The smallest absolute Gasteiger partial charge is 0.244 e. The molecule has 3 nitrogen and oxygen atoms in total. The molecule has 0 aliphatic carbocycles. The van der Waals surface area contributed by atoms with Gasteiger partial charge in [-0.05, 0) is 38.8 Å². The third-order valence-corrected chi connectivity index (χ3v) is 3.07. The molecule has 1 heterocycles. The summed E-state index contributed by atoms with van der Waals surface area (Å²) >= 11 is 0. The average Bonchev–Trinajstić information content (AvgIpc) is 2.52. The molecule has 1 aliphatic rings. The summed E-state index contributed by atoms with van der Waals surface area (Å²) in [5.74, 6) is 0.848. The molecule has 0 spiro atoms. The lowest BCUT2D eigenvalue weighted by Crippen LogP contribution is -2.26. The van der Waals surface area contributed by atoms with Gasteiger partial charge in [-0.1, -0.05) is 23.8 Å². The number of aryl methyl sites for hydroxylation is 1. The van der Waals surface area contributed by atoms with Gasteiger partial charge in [0.25, 0.3) is 0 Å². The maximum Gasteiger partial charge on any atom is 0.244 e. The van der Waals surface area contributed by atoms with Crippen LogP contribution in [0.5, 0.6) is 5.75 Å². The van der Waals surface area contributed by atoms with E-state index in [9.17, 15) is 4.79 Å². The van der Waals surface area contributed by atoms with Crippen LogP contribution in [-0.2, 0) is 4.79 Å². The van der Waals surface area contributed by atoms with Crippen molar-refractivity contribution < 1.29 is 9.53 Å². The Balaban J connectivity index is 2.26. The van der Waals surface area contributed by atoms with Crippen molar-refractivity contribution in [1.82, 2.24) is 5.32 Å². The second kappa shape index (κ2) is 5.71.